The number of rotatable bonds is 6. The number of aryl methyl sites for hydroxylation is 1. The Hall–Kier alpha value is -2.44. The zero-order valence-corrected chi connectivity index (χ0v) is 15.0. The molecule has 1 saturated heterocycles. The smallest absolute Gasteiger partial charge is 0.223 e. The third kappa shape index (κ3) is 3.97. The van der Waals surface area contributed by atoms with Crippen molar-refractivity contribution in [2.75, 3.05) is 18.9 Å². The summed E-state index contributed by atoms with van der Waals surface area (Å²) in [5.74, 6) is 2.32. The third-order valence-electron chi connectivity index (χ3n) is 4.53. The molecule has 7 heteroatoms. The molecule has 7 nitrogen and oxygen atoms in total. The minimum atomic E-state index is 0.122. The lowest BCUT2D eigenvalue weighted by Crippen LogP contribution is -2.30. The number of nitrogens with one attached hydrogen (secondary N) is 1. The van der Waals surface area contributed by atoms with Gasteiger partial charge in [0.05, 0.1) is 6.04 Å². The van der Waals surface area contributed by atoms with Crippen LogP contribution in [0.4, 0.5) is 5.82 Å². The van der Waals surface area contributed by atoms with Gasteiger partial charge < -0.3 is 14.6 Å². The van der Waals surface area contributed by atoms with E-state index in [0.717, 1.165) is 30.8 Å². The minimum absolute atomic E-state index is 0.122. The molecule has 1 atom stereocenters. The second-order valence-corrected chi connectivity index (χ2v) is 6.66. The highest BCUT2D eigenvalue weighted by Crippen LogP contribution is 2.33. The molecule has 3 rings (SSSR count). The molecule has 0 bridgehead atoms. The summed E-state index contributed by atoms with van der Waals surface area (Å²) in [4.78, 5) is 18.9. The second kappa shape index (κ2) is 7.63. The quantitative estimate of drug-likeness (QED) is 0.868. The van der Waals surface area contributed by atoms with Gasteiger partial charge in [0.1, 0.15) is 5.82 Å². The first-order valence-electron chi connectivity index (χ1n) is 8.84. The molecule has 2 aromatic rings. The molecular formula is C18H25N5O2. The lowest BCUT2D eigenvalue weighted by atomic mass is 10.1. The molecule has 0 aromatic carbocycles. The van der Waals surface area contributed by atoms with Crippen molar-refractivity contribution in [3.05, 3.63) is 35.7 Å². The van der Waals surface area contributed by atoms with Gasteiger partial charge in [-0.05, 0) is 30.5 Å². The fourth-order valence-electron chi connectivity index (χ4n) is 3.16. The van der Waals surface area contributed by atoms with Crippen LogP contribution in [0.1, 0.15) is 62.4 Å². The van der Waals surface area contributed by atoms with Gasteiger partial charge in [0.2, 0.25) is 17.7 Å². The molecule has 0 saturated carbocycles. The minimum Gasteiger partial charge on any atom is -0.425 e. The number of likely N-dealkylation sites (tertiary alicyclic amines) is 1. The van der Waals surface area contributed by atoms with Gasteiger partial charge in [0.15, 0.2) is 0 Å². The van der Waals surface area contributed by atoms with E-state index in [0.29, 0.717) is 24.6 Å². The van der Waals surface area contributed by atoms with Crippen molar-refractivity contribution >= 4 is 11.7 Å². The number of anilines is 1. The van der Waals surface area contributed by atoms with Crippen molar-refractivity contribution in [2.24, 2.45) is 0 Å². The van der Waals surface area contributed by atoms with E-state index in [1.54, 1.807) is 6.20 Å². The Bertz CT molecular complexity index is 728. The van der Waals surface area contributed by atoms with Crippen molar-refractivity contribution in [1.29, 1.82) is 0 Å². The van der Waals surface area contributed by atoms with Crippen LogP contribution in [0, 0.1) is 0 Å². The van der Waals surface area contributed by atoms with Crippen molar-refractivity contribution in [1.82, 2.24) is 20.1 Å². The average Bonchev–Trinajstić information content (AvgIpc) is 3.29. The van der Waals surface area contributed by atoms with Crippen LogP contribution in [0.3, 0.4) is 0 Å². The van der Waals surface area contributed by atoms with E-state index >= 15 is 0 Å². The number of pyridine rings is 1. The number of carbonyl (C=O) groups is 1. The fraction of sp³-hybridized carbons (Fsp3) is 0.556. The molecule has 1 aliphatic heterocycles. The number of aromatic nitrogens is 3. The van der Waals surface area contributed by atoms with Gasteiger partial charge >= 0.3 is 0 Å². The summed E-state index contributed by atoms with van der Waals surface area (Å²) in [6, 6.07) is 4.13. The Balaban J connectivity index is 1.63. The zero-order valence-electron chi connectivity index (χ0n) is 15.0. The van der Waals surface area contributed by atoms with E-state index < -0.39 is 0 Å². The first kappa shape index (κ1) is 17.4. The van der Waals surface area contributed by atoms with Gasteiger partial charge in [-0.3, -0.25) is 4.79 Å². The van der Waals surface area contributed by atoms with E-state index in [4.69, 9.17) is 4.42 Å². The number of carbonyl (C=O) groups excluding carboxylic acids is 1. The Morgan fingerprint density at radius 2 is 2.28 bits per heavy atom. The van der Waals surface area contributed by atoms with Crippen molar-refractivity contribution < 1.29 is 9.21 Å². The van der Waals surface area contributed by atoms with Crippen LogP contribution in [0.15, 0.2) is 22.7 Å². The molecular weight excluding hydrogens is 318 g/mol. The Morgan fingerprint density at radius 3 is 3.00 bits per heavy atom. The summed E-state index contributed by atoms with van der Waals surface area (Å²) in [6.45, 7) is 4.80. The summed E-state index contributed by atoms with van der Waals surface area (Å²) in [5.41, 5.74) is 1.13. The maximum atomic E-state index is 12.7. The van der Waals surface area contributed by atoms with Crippen LogP contribution < -0.4 is 5.32 Å². The van der Waals surface area contributed by atoms with E-state index in [1.165, 1.54) is 0 Å². The first-order valence-corrected chi connectivity index (χ1v) is 8.84. The van der Waals surface area contributed by atoms with E-state index in [9.17, 15) is 4.79 Å². The predicted octanol–water partition coefficient (Wildman–Crippen LogP) is 2.93. The van der Waals surface area contributed by atoms with Crippen LogP contribution >= 0.6 is 0 Å². The molecule has 0 spiro atoms. The van der Waals surface area contributed by atoms with Crippen LogP contribution in [-0.4, -0.2) is 39.6 Å². The van der Waals surface area contributed by atoms with Gasteiger partial charge in [-0.1, -0.05) is 13.8 Å². The largest absolute Gasteiger partial charge is 0.425 e. The SMILES string of the molecule is CNc1cc([C@@H]2CCCN2C(=O)CCc2nnc(C(C)C)o2)ccn1. The van der Waals surface area contributed by atoms with E-state index in [-0.39, 0.29) is 17.9 Å². The molecule has 134 valence electrons. The standard InChI is InChI=1S/C18H25N5O2/c1-12(2)18-22-21-16(25-18)6-7-17(24)23-10-4-5-14(23)13-8-9-20-15(11-13)19-3/h8-9,11-12,14H,4-7,10H2,1-3H3,(H,19,20)/t14-/m0/s1. The Kier molecular flexibility index (Phi) is 5.31. The zero-order chi connectivity index (χ0) is 17.8. The number of hydrogen-bond donors (Lipinski definition) is 1. The van der Waals surface area contributed by atoms with Crippen molar-refractivity contribution in [2.45, 2.75) is 51.5 Å². The second-order valence-electron chi connectivity index (χ2n) is 6.66. The predicted molar refractivity (Wildman–Crippen MR) is 94.2 cm³/mol. The summed E-state index contributed by atoms with van der Waals surface area (Å²) < 4.78 is 5.59. The highest BCUT2D eigenvalue weighted by Gasteiger charge is 2.30. The Labute approximate surface area is 147 Å². The first-order chi connectivity index (χ1) is 12.1. The molecule has 1 aliphatic rings. The van der Waals surface area contributed by atoms with Gasteiger partial charge in [0, 0.05) is 38.5 Å². The van der Waals surface area contributed by atoms with Crippen molar-refractivity contribution in [3.8, 4) is 0 Å². The lowest BCUT2D eigenvalue weighted by Gasteiger charge is -2.25. The normalized spacial score (nSPS) is 17.3. The average molecular weight is 343 g/mol. The molecule has 25 heavy (non-hydrogen) atoms. The number of hydrogen-bond acceptors (Lipinski definition) is 6. The molecule has 0 aliphatic carbocycles. The van der Waals surface area contributed by atoms with Gasteiger partial charge in [-0.25, -0.2) is 4.98 Å². The molecule has 1 fully saturated rings. The van der Waals surface area contributed by atoms with E-state index in [2.05, 4.69) is 20.5 Å². The maximum absolute atomic E-state index is 12.7. The topological polar surface area (TPSA) is 84.2 Å². The van der Waals surface area contributed by atoms with Crippen LogP contribution in [0.5, 0.6) is 0 Å². The van der Waals surface area contributed by atoms with Gasteiger partial charge in [-0.2, -0.15) is 0 Å². The van der Waals surface area contributed by atoms with E-state index in [1.807, 2.05) is 37.9 Å². The molecule has 1 N–H and O–H groups in total. The maximum Gasteiger partial charge on any atom is 0.223 e. The molecule has 1 amide bonds. The van der Waals surface area contributed by atoms with Crippen LogP contribution in [-0.2, 0) is 11.2 Å². The van der Waals surface area contributed by atoms with Crippen LogP contribution in [0.2, 0.25) is 0 Å². The number of nitrogens with zero attached hydrogens (tertiary/aromatic N) is 4. The lowest BCUT2D eigenvalue weighted by molar-refractivity contribution is -0.132. The van der Waals surface area contributed by atoms with Gasteiger partial charge in [0.25, 0.3) is 0 Å². The summed E-state index contributed by atoms with van der Waals surface area (Å²) in [5, 5.41) is 11.1. The highest BCUT2D eigenvalue weighted by molar-refractivity contribution is 5.77. The van der Waals surface area contributed by atoms with Crippen molar-refractivity contribution in [3.63, 3.8) is 0 Å². The summed E-state index contributed by atoms with van der Waals surface area (Å²) in [6.07, 6.45) is 4.66. The molecule has 2 aromatic heterocycles. The fourth-order valence-corrected chi connectivity index (χ4v) is 3.16. The molecule has 0 radical (unpaired) electrons. The monoisotopic (exact) mass is 343 g/mol. The van der Waals surface area contributed by atoms with Gasteiger partial charge in [-0.15, -0.1) is 10.2 Å². The highest BCUT2D eigenvalue weighted by atomic mass is 16.4. The van der Waals surface area contributed by atoms with Crippen LogP contribution in [0.25, 0.3) is 0 Å². The number of amides is 1. The molecule has 3 heterocycles. The summed E-state index contributed by atoms with van der Waals surface area (Å²) >= 11 is 0. The molecule has 0 unspecified atom stereocenters. The summed E-state index contributed by atoms with van der Waals surface area (Å²) in [7, 11) is 1.85. The Morgan fingerprint density at radius 1 is 1.44 bits per heavy atom. The third-order valence-corrected chi connectivity index (χ3v) is 4.53.